The van der Waals surface area contributed by atoms with Crippen LogP contribution in [-0.2, 0) is 27.2 Å². The van der Waals surface area contributed by atoms with E-state index in [0.29, 0.717) is 25.8 Å². The Bertz CT molecular complexity index is 623. The van der Waals surface area contributed by atoms with Crippen molar-refractivity contribution in [2.45, 2.75) is 56.6 Å². The Kier molecular flexibility index (Phi) is 5.33. The molecule has 0 saturated carbocycles. The molecule has 0 bridgehead atoms. The molecule has 2 heterocycles. The van der Waals surface area contributed by atoms with E-state index < -0.39 is 19.2 Å². The molecule has 0 spiro atoms. The lowest BCUT2D eigenvalue weighted by molar-refractivity contribution is -0.139. The lowest BCUT2D eigenvalue weighted by atomic mass is 9.64. The van der Waals surface area contributed by atoms with E-state index >= 15 is 0 Å². The standard InChI is InChI=1S/C17H22BNO5/c20-16(15-7-11-3-1-2-4-12(11)10-19-15)8-13-5-6-14(9-17(21)22)24-18(13)23/h1-4,13-15,19,23H,5-10H2,(H,21,22)/t13-,14+,15-/m1/s1. The highest BCUT2D eigenvalue weighted by atomic mass is 16.5. The second-order valence-electron chi connectivity index (χ2n) is 6.66. The van der Waals surface area contributed by atoms with Crippen molar-refractivity contribution in [2.24, 2.45) is 0 Å². The molecule has 2 aliphatic heterocycles. The lowest BCUT2D eigenvalue weighted by Gasteiger charge is -2.31. The number of carboxylic acid groups (broad SMARTS) is 1. The van der Waals surface area contributed by atoms with Gasteiger partial charge < -0.3 is 20.1 Å². The number of carboxylic acids is 1. The van der Waals surface area contributed by atoms with Crippen LogP contribution < -0.4 is 5.32 Å². The summed E-state index contributed by atoms with van der Waals surface area (Å²) in [5.74, 6) is -1.12. The first-order valence-electron chi connectivity index (χ1n) is 8.41. The van der Waals surface area contributed by atoms with Crippen molar-refractivity contribution in [3.05, 3.63) is 35.4 Å². The lowest BCUT2D eigenvalue weighted by Crippen LogP contribution is -2.44. The van der Waals surface area contributed by atoms with E-state index in [0.717, 1.165) is 0 Å². The Morgan fingerprint density at radius 2 is 1.96 bits per heavy atom. The van der Waals surface area contributed by atoms with Crippen LogP contribution in [0.3, 0.4) is 0 Å². The van der Waals surface area contributed by atoms with Crippen LogP contribution in [0.5, 0.6) is 0 Å². The predicted octanol–water partition coefficient (Wildman–Crippen LogP) is 1.16. The van der Waals surface area contributed by atoms with Gasteiger partial charge >= 0.3 is 13.1 Å². The predicted molar refractivity (Wildman–Crippen MR) is 88.5 cm³/mol. The summed E-state index contributed by atoms with van der Waals surface area (Å²) in [4.78, 5) is 23.3. The largest absolute Gasteiger partial charge is 0.481 e. The number of hydrogen-bond donors (Lipinski definition) is 3. The summed E-state index contributed by atoms with van der Waals surface area (Å²) < 4.78 is 5.36. The summed E-state index contributed by atoms with van der Waals surface area (Å²) >= 11 is 0. The highest BCUT2D eigenvalue weighted by Crippen LogP contribution is 2.31. The maximum absolute atomic E-state index is 12.6. The molecule has 6 nitrogen and oxygen atoms in total. The Morgan fingerprint density at radius 1 is 1.21 bits per heavy atom. The molecule has 1 aromatic carbocycles. The zero-order chi connectivity index (χ0) is 17.1. The number of ketones is 1. The van der Waals surface area contributed by atoms with E-state index in [2.05, 4.69) is 11.4 Å². The summed E-state index contributed by atoms with van der Waals surface area (Å²) in [6.45, 7) is 0.678. The van der Waals surface area contributed by atoms with Crippen molar-refractivity contribution in [2.75, 3.05) is 0 Å². The number of rotatable bonds is 5. The minimum absolute atomic E-state index is 0.0776. The zero-order valence-electron chi connectivity index (χ0n) is 13.5. The number of hydrogen-bond acceptors (Lipinski definition) is 5. The normalized spacial score (nSPS) is 26.7. The van der Waals surface area contributed by atoms with Gasteiger partial charge in [0.15, 0.2) is 0 Å². The first-order valence-corrected chi connectivity index (χ1v) is 8.41. The Balaban J connectivity index is 1.53. The summed E-state index contributed by atoms with van der Waals surface area (Å²) in [6.07, 6.45) is 1.50. The number of carbonyl (C=O) groups excluding carboxylic acids is 1. The van der Waals surface area contributed by atoms with E-state index in [1.54, 1.807) is 0 Å². The first kappa shape index (κ1) is 17.1. The van der Waals surface area contributed by atoms with E-state index in [4.69, 9.17) is 9.76 Å². The molecule has 3 N–H and O–H groups in total. The van der Waals surface area contributed by atoms with Gasteiger partial charge in [0.2, 0.25) is 0 Å². The number of fused-ring (bicyclic) bond motifs is 1. The fourth-order valence-electron chi connectivity index (χ4n) is 3.55. The SMILES string of the molecule is O=C(O)C[C@@H]1CC[C@H](CC(=O)[C@H]2Cc3ccccc3CN2)B(O)O1. The van der Waals surface area contributed by atoms with Crippen molar-refractivity contribution >= 4 is 18.9 Å². The minimum Gasteiger partial charge on any atom is -0.481 e. The van der Waals surface area contributed by atoms with Gasteiger partial charge in [0, 0.05) is 18.8 Å². The van der Waals surface area contributed by atoms with Crippen molar-refractivity contribution in [1.82, 2.24) is 5.32 Å². The van der Waals surface area contributed by atoms with Crippen LogP contribution in [0.1, 0.15) is 36.8 Å². The molecular weight excluding hydrogens is 309 g/mol. The molecule has 0 unspecified atom stereocenters. The summed E-state index contributed by atoms with van der Waals surface area (Å²) in [5, 5.41) is 22.1. The molecular formula is C17H22BNO5. The molecule has 0 aliphatic carbocycles. The molecule has 1 saturated heterocycles. The topological polar surface area (TPSA) is 95.9 Å². The molecule has 24 heavy (non-hydrogen) atoms. The third kappa shape index (κ3) is 4.04. The molecule has 0 radical (unpaired) electrons. The van der Waals surface area contributed by atoms with Crippen molar-refractivity contribution in [1.29, 1.82) is 0 Å². The van der Waals surface area contributed by atoms with Crippen LogP contribution in [-0.4, -0.2) is 41.1 Å². The summed E-state index contributed by atoms with van der Waals surface area (Å²) in [6, 6.07) is 7.85. The number of benzene rings is 1. The average Bonchev–Trinajstić information content (AvgIpc) is 2.56. The molecule has 128 valence electrons. The monoisotopic (exact) mass is 331 g/mol. The van der Waals surface area contributed by atoms with Crippen LogP contribution in [0, 0.1) is 0 Å². The number of Topliss-reactive ketones (excluding diaryl/α,β-unsaturated/α-hetero) is 1. The highest BCUT2D eigenvalue weighted by molar-refractivity contribution is 6.45. The maximum Gasteiger partial charge on any atom is 0.458 e. The highest BCUT2D eigenvalue weighted by Gasteiger charge is 2.38. The molecule has 0 aromatic heterocycles. The molecule has 7 heteroatoms. The zero-order valence-corrected chi connectivity index (χ0v) is 13.5. The maximum atomic E-state index is 12.6. The second-order valence-corrected chi connectivity index (χ2v) is 6.66. The van der Waals surface area contributed by atoms with Crippen LogP contribution >= 0.6 is 0 Å². The Labute approximate surface area is 141 Å². The van der Waals surface area contributed by atoms with Gasteiger partial charge in [-0.05, 0) is 30.4 Å². The second kappa shape index (κ2) is 7.46. The van der Waals surface area contributed by atoms with Gasteiger partial charge in [-0.1, -0.05) is 24.3 Å². The molecule has 0 amide bonds. The van der Waals surface area contributed by atoms with Crippen LogP contribution in [0.2, 0.25) is 5.82 Å². The quantitative estimate of drug-likeness (QED) is 0.701. The molecule has 2 aliphatic rings. The Hall–Kier alpha value is -1.70. The summed E-state index contributed by atoms with van der Waals surface area (Å²) in [7, 11) is -1.07. The number of nitrogens with one attached hydrogen (secondary N) is 1. The van der Waals surface area contributed by atoms with E-state index in [1.165, 1.54) is 11.1 Å². The van der Waals surface area contributed by atoms with Gasteiger partial charge in [-0.3, -0.25) is 9.59 Å². The van der Waals surface area contributed by atoms with Gasteiger partial charge in [0.1, 0.15) is 5.78 Å². The molecule has 1 fully saturated rings. The number of carbonyl (C=O) groups is 2. The van der Waals surface area contributed by atoms with Gasteiger partial charge in [-0.2, -0.15) is 0 Å². The van der Waals surface area contributed by atoms with Crippen molar-refractivity contribution in [3.8, 4) is 0 Å². The van der Waals surface area contributed by atoms with Gasteiger partial charge in [-0.25, -0.2) is 0 Å². The first-order chi connectivity index (χ1) is 11.5. The van der Waals surface area contributed by atoms with E-state index in [1.807, 2.05) is 18.2 Å². The molecule has 1 aromatic rings. The average molecular weight is 331 g/mol. The minimum atomic E-state index is -1.07. The molecule has 3 rings (SSSR count). The van der Waals surface area contributed by atoms with E-state index in [-0.39, 0.29) is 30.5 Å². The Morgan fingerprint density at radius 3 is 2.67 bits per heavy atom. The summed E-state index contributed by atoms with van der Waals surface area (Å²) in [5.41, 5.74) is 2.41. The van der Waals surface area contributed by atoms with E-state index in [9.17, 15) is 14.6 Å². The van der Waals surface area contributed by atoms with Crippen molar-refractivity contribution in [3.63, 3.8) is 0 Å². The fraction of sp³-hybridized carbons (Fsp3) is 0.529. The fourth-order valence-corrected chi connectivity index (χ4v) is 3.55. The van der Waals surface area contributed by atoms with Crippen LogP contribution in [0.25, 0.3) is 0 Å². The van der Waals surface area contributed by atoms with Crippen molar-refractivity contribution < 1.29 is 24.4 Å². The third-order valence-electron chi connectivity index (χ3n) is 4.93. The van der Waals surface area contributed by atoms with Crippen LogP contribution in [0.15, 0.2) is 24.3 Å². The smallest absolute Gasteiger partial charge is 0.458 e. The molecule has 3 atom stereocenters. The van der Waals surface area contributed by atoms with Gasteiger partial charge in [0.25, 0.3) is 0 Å². The van der Waals surface area contributed by atoms with Crippen LogP contribution in [0.4, 0.5) is 0 Å². The van der Waals surface area contributed by atoms with Gasteiger partial charge in [-0.15, -0.1) is 0 Å². The van der Waals surface area contributed by atoms with Gasteiger partial charge in [0.05, 0.1) is 18.6 Å². The third-order valence-corrected chi connectivity index (χ3v) is 4.93. The number of aliphatic carboxylic acids is 1.